The van der Waals surface area contributed by atoms with E-state index in [1.165, 1.54) is 12.1 Å². The number of carboxylic acids is 1. The first-order chi connectivity index (χ1) is 9.61. The van der Waals surface area contributed by atoms with Crippen molar-refractivity contribution >= 4 is 23.1 Å². The zero-order valence-electron chi connectivity index (χ0n) is 11.3. The highest BCUT2D eigenvalue weighted by Gasteiger charge is 2.18. The number of nitrogens with zero attached hydrogens (tertiary/aromatic N) is 2. The molecule has 1 fully saturated rings. The van der Waals surface area contributed by atoms with E-state index in [9.17, 15) is 4.79 Å². The van der Waals surface area contributed by atoms with Crippen molar-refractivity contribution in [2.24, 2.45) is 0 Å². The van der Waals surface area contributed by atoms with E-state index >= 15 is 0 Å². The van der Waals surface area contributed by atoms with Crippen LogP contribution >= 0.6 is 0 Å². The third-order valence-electron chi connectivity index (χ3n) is 3.68. The number of hydrogen-bond donors (Lipinski definition) is 2. The molecule has 1 aliphatic heterocycles. The lowest BCUT2D eigenvalue weighted by Gasteiger charge is -2.28. The molecule has 0 radical (unpaired) electrons. The Morgan fingerprint density at radius 1 is 1.45 bits per heavy atom. The summed E-state index contributed by atoms with van der Waals surface area (Å²) in [6.07, 6.45) is 2.10. The number of hydrogen-bond acceptors (Lipinski definition) is 5. The smallest absolute Gasteiger partial charge is 0.335 e. The maximum atomic E-state index is 10.9. The molecule has 0 atom stereocenters. The standard InChI is InChI=1S/C14H17N3O3/c1-17-6-4-10(5-7-17)15-14-16-11-3-2-9(13(18)19)8-12(11)20-14/h2-3,8,10H,4-7H2,1H3,(H,15,16)(H,18,19). The Bertz CT molecular complexity index is 630. The quantitative estimate of drug-likeness (QED) is 0.892. The highest BCUT2D eigenvalue weighted by molar-refractivity contribution is 5.92. The summed E-state index contributed by atoms with van der Waals surface area (Å²) in [5.74, 6) is -0.965. The third-order valence-corrected chi connectivity index (χ3v) is 3.68. The molecule has 0 spiro atoms. The highest BCUT2D eigenvalue weighted by atomic mass is 16.4. The zero-order valence-corrected chi connectivity index (χ0v) is 11.3. The van der Waals surface area contributed by atoms with Crippen molar-refractivity contribution in [3.63, 3.8) is 0 Å². The largest absolute Gasteiger partial charge is 0.478 e. The summed E-state index contributed by atoms with van der Waals surface area (Å²) in [5.41, 5.74) is 1.38. The number of anilines is 1. The molecule has 0 aliphatic carbocycles. The van der Waals surface area contributed by atoms with Gasteiger partial charge in [0.25, 0.3) is 6.01 Å². The van der Waals surface area contributed by atoms with Crippen LogP contribution in [0.5, 0.6) is 0 Å². The van der Waals surface area contributed by atoms with Crippen molar-refractivity contribution in [3.05, 3.63) is 23.8 Å². The highest BCUT2D eigenvalue weighted by Crippen LogP contribution is 2.22. The fourth-order valence-corrected chi connectivity index (χ4v) is 2.45. The average molecular weight is 275 g/mol. The molecule has 20 heavy (non-hydrogen) atoms. The van der Waals surface area contributed by atoms with Crippen LogP contribution in [0, 0.1) is 0 Å². The van der Waals surface area contributed by atoms with Crippen molar-refractivity contribution in [1.82, 2.24) is 9.88 Å². The van der Waals surface area contributed by atoms with Crippen molar-refractivity contribution in [3.8, 4) is 0 Å². The molecule has 0 unspecified atom stereocenters. The summed E-state index contributed by atoms with van der Waals surface area (Å²) in [4.78, 5) is 17.6. The van der Waals surface area contributed by atoms with Crippen LogP contribution in [0.25, 0.3) is 11.1 Å². The topological polar surface area (TPSA) is 78.6 Å². The number of piperidine rings is 1. The van der Waals surface area contributed by atoms with Gasteiger partial charge in [0.05, 0.1) is 5.56 Å². The SMILES string of the molecule is CN1CCC(Nc2nc3ccc(C(=O)O)cc3o2)CC1. The summed E-state index contributed by atoms with van der Waals surface area (Å²) in [6, 6.07) is 5.54. The second kappa shape index (κ2) is 5.13. The molecule has 6 nitrogen and oxygen atoms in total. The molecule has 1 saturated heterocycles. The molecule has 1 aromatic carbocycles. The summed E-state index contributed by atoms with van der Waals surface area (Å²) in [5, 5.41) is 12.2. The fourth-order valence-electron chi connectivity index (χ4n) is 2.45. The number of rotatable bonds is 3. The van der Waals surface area contributed by atoms with Gasteiger partial charge in [0.2, 0.25) is 0 Å². The minimum absolute atomic E-state index is 0.208. The van der Waals surface area contributed by atoms with Crippen molar-refractivity contribution in [2.45, 2.75) is 18.9 Å². The van der Waals surface area contributed by atoms with Gasteiger partial charge in [-0.3, -0.25) is 0 Å². The lowest BCUT2D eigenvalue weighted by Crippen LogP contribution is -2.36. The molecular formula is C14H17N3O3. The Morgan fingerprint density at radius 2 is 2.20 bits per heavy atom. The van der Waals surface area contributed by atoms with Crippen LogP contribution < -0.4 is 5.32 Å². The molecule has 0 amide bonds. The molecule has 0 saturated carbocycles. The Morgan fingerprint density at radius 3 is 2.90 bits per heavy atom. The summed E-state index contributed by atoms with van der Waals surface area (Å²) < 4.78 is 5.59. The molecule has 0 bridgehead atoms. The van der Waals surface area contributed by atoms with E-state index in [0.717, 1.165) is 25.9 Å². The van der Waals surface area contributed by atoms with E-state index in [0.29, 0.717) is 23.2 Å². The Hall–Kier alpha value is -2.08. The molecule has 106 valence electrons. The maximum absolute atomic E-state index is 10.9. The minimum atomic E-state index is -0.965. The van der Waals surface area contributed by atoms with Gasteiger partial charge in [-0.05, 0) is 51.2 Å². The first kappa shape index (κ1) is 12.9. The van der Waals surface area contributed by atoms with Crippen molar-refractivity contribution in [1.29, 1.82) is 0 Å². The number of aromatic carboxylic acids is 1. The Kier molecular flexibility index (Phi) is 3.31. The molecular weight excluding hydrogens is 258 g/mol. The van der Waals surface area contributed by atoms with Crippen LogP contribution in [0.2, 0.25) is 0 Å². The van der Waals surface area contributed by atoms with Crippen LogP contribution in [0.1, 0.15) is 23.2 Å². The first-order valence-electron chi connectivity index (χ1n) is 6.71. The van der Waals surface area contributed by atoms with Gasteiger partial charge in [-0.2, -0.15) is 4.98 Å². The van der Waals surface area contributed by atoms with Crippen molar-refractivity contribution < 1.29 is 14.3 Å². The second-order valence-electron chi connectivity index (χ2n) is 5.23. The zero-order chi connectivity index (χ0) is 14.1. The minimum Gasteiger partial charge on any atom is -0.478 e. The molecule has 2 heterocycles. The number of aromatic nitrogens is 1. The summed E-state index contributed by atoms with van der Waals surface area (Å²) >= 11 is 0. The number of carbonyl (C=O) groups is 1. The Balaban J connectivity index is 1.77. The molecule has 6 heteroatoms. The maximum Gasteiger partial charge on any atom is 0.335 e. The predicted octanol–water partition coefficient (Wildman–Crippen LogP) is 2.03. The number of likely N-dealkylation sites (tertiary alicyclic amines) is 1. The number of nitrogens with one attached hydrogen (secondary N) is 1. The van der Waals surface area contributed by atoms with E-state index in [1.54, 1.807) is 6.07 Å². The van der Waals surface area contributed by atoms with Crippen LogP contribution in [0.3, 0.4) is 0 Å². The fraction of sp³-hybridized carbons (Fsp3) is 0.429. The van der Waals surface area contributed by atoms with Gasteiger partial charge in [0.1, 0.15) is 5.52 Å². The number of carboxylic acid groups (broad SMARTS) is 1. The van der Waals surface area contributed by atoms with E-state index in [-0.39, 0.29) is 5.56 Å². The van der Waals surface area contributed by atoms with Crippen LogP contribution in [-0.4, -0.2) is 47.1 Å². The average Bonchev–Trinajstić information content (AvgIpc) is 2.82. The lowest BCUT2D eigenvalue weighted by atomic mass is 10.1. The van der Waals surface area contributed by atoms with Gasteiger partial charge in [-0.25, -0.2) is 4.79 Å². The molecule has 1 aliphatic rings. The first-order valence-corrected chi connectivity index (χ1v) is 6.71. The van der Waals surface area contributed by atoms with Gasteiger partial charge in [0.15, 0.2) is 5.58 Å². The van der Waals surface area contributed by atoms with Gasteiger partial charge in [-0.1, -0.05) is 0 Å². The van der Waals surface area contributed by atoms with Gasteiger partial charge >= 0.3 is 5.97 Å². The summed E-state index contributed by atoms with van der Waals surface area (Å²) in [6.45, 7) is 2.11. The van der Waals surface area contributed by atoms with E-state index < -0.39 is 5.97 Å². The van der Waals surface area contributed by atoms with E-state index in [1.807, 2.05) is 0 Å². The van der Waals surface area contributed by atoms with Crippen LogP contribution in [0.15, 0.2) is 22.6 Å². The number of fused-ring (bicyclic) bond motifs is 1. The second-order valence-corrected chi connectivity index (χ2v) is 5.23. The predicted molar refractivity (Wildman–Crippen MR) is 75.1 cm³/mol. The van der Waals surface area contributed by atoms with E-state index in [4.69, 9.17) is 9.52 Å². The number of oxazole rings is 1. The monoisotopic (exact) mass is 275 g/mol. The molecule has 3 rings (SSSR count). The normalized spacial score (nSPS) is 17.4. The Labute approximate surface area is 116 Å². The van der Waals surface area contributed by atoms with Crippen LogP contribution in [-0.2, 0) is 0 Å². The molecule has 2 N–H and O–H groups in total. The summed E-state index contributed by atoms with van der Waals surface area (Å²) in [7, 11) is 2.11. The van der Waals surface area contributed by atoms with Gasteiger partial charge in [0, 0.05) is 6.04 Å². The number of benzene rings is 1. The van der Waals surface area contributed by atoms with Crippen molar-refractivity contribution in [2.75, 3.05) is 25.5 Å². The molecule has 1 aromatic heterocycles. The van der Waals surface area contributed by atoms with Crippen LogP contribution in [0.4, 0.5) is 6.01 Å². The van der Waals surface area contributed by atoms with Gasteiger partial charge in [-0.15, -0.1) is 0 Å². The third kappa shape index (κ3) is 2.60. The van der Waals surface area contributed by atoms with E-state index in [2.05, 4.69) is 22.2 Å². The molecule has 2 aromatic rings. The lowest BCUT2D eigenvalue weighted by molar-refractivity contribution is 0.0697. The van der Waals surface area contributed by atoms with Gasteiger partial charge < -0.3 is 19.7 Å².